The summed E-state index contributed by atoms with van der Waals surface area (Å²) in [4.78, 5) is 33.4. The minimum Gasteiger partial charge on any atom is -0.338 e. The van der Waals surface area contributed by atoms with Crippen molar-refractivity contribution < 1.29 is 4.79 Å². The molecule has 1 N–H and O–H groups in total. The molecule has 1 aromatic rings. The van der Waals surface area contributed by atoms with E-state index in [2.05, 4.69) is 30.7 Å². The number of hydrogen-bond donors (Lipinski definition) is 1. The maximum Gasteiger partial charge on any atom is 0.255 e. The summed E-state index contributed by atoms with van der Waals surface area (Å²) in [7, 11) is 0. The number of hydrogen-bond acceptors (Lipinski definition) is 3. The van der Waals surface area contributed by atoms with E-state index in [4.69, 9.17) is 0 Å². The third kappa shape index (κ3) is 3.96. The number of nitrogens with zero attached hydrogens (tertiary/aromatic N) is 2. The minimum absolute atomic E-state index is 0.107. The van der Waals surface area contributed by atoms with E-state index in [1.807, 2.05) is 4.90 Å². The van der Waals surface area contributed by atoms with Crippen LogP contribution in [0.4, 0.5) is 0 Å². The molecule has 2 heterocycles. The lowest BCUT2D eigenvalue weighted by molar-refractivity contribution is -0.133. The van der Waals surface area contributed by atoms with Crippen LogP contribution in [-0.4, -0.2) is 27.3 Å². The monoisotopic (exact) mass is 345 g/mol. The lowest BCUT2D eigenvalue weighted by Gasteiger charge is -2.39. The Bertz CT molecular complexity index is 672. The highest BCUT2D eigenvalue weighted by Gasteiger charge is 2.33. The van der Waals surface area contributed by atoms with E-state index in [0.717, 1.165) is 24.5 Å². The first kappa shape index (κ1) is 18.2. The van der Waals surface area contributed by atoms with Crippen molar-refractivity contribution in [2.45, 2.75) is 72.3 Å². The number of aromatic nitrogens is 2. The van der Waals surface area contributed by atoms with Crippen molar-refractivity contribution in [1.82, 2.24) is 14.9 Å². The molecule has 1 aromatic heterocycles. The zero-order chi connectivity index (χ0) is 18.0. The average molecular weight is 345 g/mol. The molecule has 2 aliphatic rings. The summed E-state index contributed by atoms with van der Waals surface area (Å²) in [6.45, 7) is 8.12. The van der Waals surface area contributed by atoms with Gasteiger partial charge in [0.25, 0.3) is 5.56 Å². The first-order chi connectivity index (χ1) is 11.9. The van der Waals surface area contributed by atoms with E-state index < -0.39 is 0 Å². The van der Waals surface area contributed by atoms with Gasteiger partial charge in [0, 0.05) is 19.4 Å². The number of carbonyl (C=O) groups excluding carboxylic acids is 1. The first-order valence-corrected chi connectivity index (χ1v) is 9.74. The molecule has 0 bridgehead atoms. The molecule has 0 saturated heterocycles. The van der Waals surface area contributed by atoms with Crippen molar-refractivity contribution >= 4 is 5.91 Å². The SMILES string of the molecule is CCC(C)(C)C1CCC(CC(=O)N2CCc3nc[nH]c(=O)c3C2)CC1. The second-order valence-corrected chi connectivity index (χ2v) is 8.49. The maximum absolute atomic E-state index is 12.7. The number of amides is 1. The number of rotatable bonds is 4. The molecule has 5 nitrogen and oxygen atoms in total. The van der Waals surface area contributed by atoms with E-state index in [0.29, 0.717) is 42.8 Å². The molecular formula is C20H31N3O2. The molecule has 0 unspecified atom stereocenters. The zero-order valence-corrected chi connectivity index (χ0v) is 15.8. The van der Waals surface area contributed by atoms with Crippen molar-refractivity contribution in [2.24, 2.45) is 17.3 Å². The zero-order valence-electron chi connectivity index (χ0n) is 15.8. The van der Waals surface area contributed by atoms with E-state index >= 15 is 0 Å². The van der Waals surface area contributed by atoms with Crippen LogP contribution < -0.4 is 5.56 Å². The smallest absolute Gasteiger partial charge is 0.255 e. The largest absolute Gasteiger partial charge is 0.338 e. The standard InChI is InChI=1S/C20H31N3O2/c1-4-20(2,3)15-7-5-14(6-8-15)11-18(24)23-10-9-17-16(12-23)19(25)22-13-21-17/h13-15H,4-12H2,1-3H3,(H,21,22,25). The van der Waals surface area contributed by atoms with Gasteiger partial charge in [-0.1, -0.05) is 27.2 Å². The topological polar surface area (TPSA) is 66.1 Å². The molecule has 0 atom stereocenters. The Balaban J connectivity index is 1.54. The molecule has 138 valence electrons. The van der Waals surface area contributed by atoms with Gasteiger partial charge in [0.15, 0.2) is 0 Å². The highest BCUT2D eigenvalue weighted by atomic mass is 16.2. The Kier molecular flexibility index (Phi) is 5.30. The third-order valence-corrected chi connectivity index (χ3v) is 6.69. The van der Waals surface area contributed by atoms with Gasteiger partial charge in [0.1, 0.15) is 0 Å². The number of fused-ring (bicyclic) bond motifs is 1. The summed E-state index contributed by atoms with van der Waals surface area (Å²) >= 11 is 0. The summed E-state index contributed by atoms with van der Waals surface area (Å²) in [5.41, 5.74) is 1.81. The van der Waals surface area contributed by atoms with Crippen LogP contribution in [0.3, 0.4) is 0 Å². The second kappa shape index (κ2) is 7.30. The molecular weight excluding hydrogens is 314 g/mol. The molecule has 1 aliphatic heterocycles. The van der Waals surface area contributed by atoms with Gasteiger partial charge in [-0.05, 0) is 42.9 Å². The molecule has 0 aromatic carbocycles. The number of H-pyrrole nitrogens is 1. The molecule has 5 heteroatoms. The molecule has 1 fully saturated rings. The fourth-order valence-corrected chi connectivity index (χ4v) is 4.38. The molecule has 25 heavy (non-hydrogen) atoms. The molecule has 1 saturated carbocycles. The van der Waals surface area contributed by atoms with Gasteiger partial charge >= 0.3 is 0 Å². The third-order valence-electron chi connectivity index (χ3n) is 6.69. The van der Waals surface area contributed by atoms with Gasteiger partial charge < -0.3 is 9.88 Å². The van der Waals surface area contributed by atoms with Gasteiger partial charge in [-0.2, -0.15) is 0 Å². The van der Waals surface area contributed by atoms with Gasteiger partial charge in [-0.15, -0.1) is 0 Å². The van der Waals surface area contributed by atoms with E-state index in [-0.39, 0.29) is 11.5 Å². The highest BCUT2D eigenvalue weighted by molar-refractivity contribution is 5.76. The van der Waals surface area contributed by atoms with Crippen molar-refractivity contribution in [3.05, 3.63) is 27.9 Å². The lowest BCUT2D eigenvalue weighted by atomic mass is 9.67. The van der Waals surface area contributed by atoms with Crippen molar-refractivity contribution in [3.8, 4) is 0 Å². The van der Waals surface area contributed by atoms with Crippen LogP contribution in [0, 0.1) is 17.3 Å². The van der Waals surface area contributed by atoms with Crippen LogP contribution in [0.25, 0.3) is 0 Å². The number of nitrogens with one attached hydrogen (secondary N) is 1. The van der Waals surface area contributed by atoms with E-state index in [1.54, 1.807) is 0 Å². The number of carbonyl (C=O) groups is 1. The van der Waals surface area contributed by atoms with Gasteiger partial charge in [-0.3, -0.25) is 9.59 Å². The van der Waals surface area contributed by atoms with Crippen LogP contribution in [0.5, 0.6) is 0 Å². The maximum atomic E-state index is 12.7. The van der Waals surface area contributed by atoms with Crippen LogP contribution in [0.1, 0.15) is 70.6 Å². The Morgan fingerprint density at radius 1 is 1.32 bits per heavy atom. The summed E-state index contributed by atoms with van der Waals surface area (Å²) in [6.07, 6.45) is 8.79. The van der Waals surface area contributed by atoms with Crippen LogP contribution in [-0.2, 0) is 17.8 Å². The van der Waals surface area contributed by atoms with Gasteiger partial charge in [0.05, 0.1) is 24.1 Å². The fraction of sp³-hybridized carbons (Fsp3) is 0.750. The summed E-state index contributed by atoms with van der Waals surface area (Å²) < 4.78 is 0. The van der Waals surface area contributed by atoms with Crippen LogP contribution in [0.15, 0.2) is 11.1 Å². The van der Waals surface area contributed by atoms with Crippen molar-refractivity contribution in [2.75, 3.05) is 6.54 Å². The molecule has 0 spiro atoms. The molecule has 0 radical (unpaired) electrons. The average Bonchev–Trinajstić information content (AvgIpc) is 2.62. The van der Waals surface area contributed by atoms with Gasteiger partial charge in [0.2, 0.25) is 5.91 Å². The Morgan fingerprint density at radius 3 is 2.72 bits per heavy atom. The highest BCUT2D eigenvalue weighted by Crippen LogP contribution is 2.42. The van der Waals surface area contributed by atoms with Crippen LogP contribution in [0.2, 0.25) is 0 Å². The van der Waals surface area contributed by atoms with E-state index in [9.17, 15) is 9.59 Å². The molecule has 1 aliphatic carbocycles. The quantitative estimate of drug-likeness (QED) is 0.910. The predicted octanol–water partition coefficient (Wildman–Crippen LogP) is 3.29. The lowest BCUT2D eigenvalue weighted by Crippen LogP contribution is -2.40. The fourth-order valence-electron chi connectivity index (χ4n) is 4.38. The minimum atomic E-state index is -0.107. The summed E-state index contributed by atoms with van der Waals surface area (Å²) in [5.74, 6) is 1.49. The van der Waals surface area contributed by atoms with E-state index in [1.165, 1.54) is 25.6 Å². The predicted molar refractivity (Wildman–Crippen MR) is 98.1 cm³/mol. The second-order valence-electron chi connectivity index (χ2n) is 8.49. The molecule has 3 rings (SSSR count). The summed E-state index contributed by atoms with van der Waals surface area (Å²) in [5, 5.41) is 0. The Morgan fingerprint density at radius 2 is 2.04 bits per heavy atom. The van der Waals surface area contributed by atoms with Crippen molar-refractivity contribution in [3.63, 3.8) is 0 Å². The molecule has 1 amide bonds. The summed E-state index contributed by atoms with van der Waals surface area (Å²) in [6, 6.07) is 0. The first-order valence-electron chi connectivity index (χ1n) is 9.74. The normalized spacial score (nSPS) is 24.0. The van der Waals surface area contributed by atoms with Crippen molar-refractivity contribution in [1.29, 1.82) is 0 Å². The number of aromatic amines is 1. The Hall–Kier alpha value is -1.65. The van der Waals surface area contributed by atoms with Crippen LogP contribution >= 0.6 is 0 Å². The Labute approximate surface area is 150 Å². The van der Waals surface area contributed by atoms with Gasteiger partial charge in [-0.25, -0.2) is 4.98 Å².